The van der Waals surface area contributed by atoms with Crippen LogP contribution in [0, 0.1) is 25.7 Å². The number of hydrogen-bond donors (Lipinski definition) is 0. The van der Waals surface area contributed by atoms with Crippen molar-refractivity contribution in [3.63, 3.8) is 0 Å². The molecule has 5 aromatic rings. The summed E-state index contributed by atoms with van der Waals surface area (Å²) in [7, 11) is 2.19. The Morgan fingerprint density at radius 1 is 0.895 bits per heavy atom. The summed E-state index contributed by atoms with van der Waals surface area (Å²) in [6.45, 7) is 9.09. The molecule has 0 N–H and O–H groups in total. The maximum atomic E-state index is 7.02. The second-order valence-electron chi connectivity index (χ2n) is 12.4. The van der Waals surface area contributed by atoms with Crippen molar-refractivity contribution in [2.45, 2.75) is 66.2 Å². The van der Waals surface area contributed by atoms with Crippen molar-refractivity contribution in [1.29, 1.82) is 0 Å². The van der Waals surface area contributed by atoms with E-state index in [9.17, 15) is 0 Å². The van der Waals surface area contributed by atoms with E-state index in [-0.39, 0.29) is 0 Å². The highest BCUT2D eigenvalue weighted by Gasteiger charge is 2.33. The van der Waals surface area contributed by atoms with Crippen LogP contribution in [0.25, 0.3) is 43.6 Å². The first-order chi connectivity index (χ1) is 18.4. The third kappa shape index (κ3) is 3.64. The van der Waals surface area contributed by atoms with E-state index in [0.29, 0.717) is 5.92 Å². The maximum Gasteiger partial charge on any atom is 0.228 e. The molecule has 1 aliphatic heterocycles. The Labute approximate surface area is 226 Å². The molecule has 0 bridgehead atoms. The smallest absolute Gasteiger partial charge is 0.228 e. The van der Waals surface area contributed by atoms with E-state index in [1.54, 1.807) is 0 Å². The Kier molecular flexibility index (Phi) is 5.51. The fourth-order valence-electron chi connectivity index (χ4n) is 7.30. The lowest BCUT2D eigenvalue weighted by Crippen LogP contribution is -2.32. The fourth-order valence-corrected chi connectivity index (χ4v) is 7.30. The number of hydrogen-bond acceptors (Lipinski definition) is 1. The van der Waals surface area contributed by atoms with Gasteiger partial charge in [-0.15, -0.1) is 0 Å². The minimum Gasteiger partial charge on any atom is -0.455 e. The molecule has 2 nitrogen and oxygen atoms in total. The van der Waals surface area contributed by atoms with Gasteiger partial charge in [0.2, 0.25) is 5.69 Å². The summed E-state index contributed by atoms with van der Waals surface area (Å²) < 4.78 is 9.33. The Balaban J connectivity index is 1.52. The second-order valence-corrected chi connectivity index (χ2v) is 12.4. The lowest BCUT2D eigenvalue weighted by molar-refractivity contribution is -0.659. The first-order valence-corrected chi connectivity index (χ1v) is 14.5. The quantitative estimate of drug-likeness (QED) is 0.174. The highest BCUT2D eigenvalue weighted by molar-refractivity contribution is 6.16. The van der Waals surface area contributed by atoms with Gasteiger partial charge < -0.3 is 4.74 Å². The van der Waals surface area contributed by atoms with Gasteiger partial charge in [0.15, 0.2) is 6.20 Å². The predicted molar refractivity (Wildman–Crippen MR) is 159 cm³/mol. The monoisotopic (exact) mass is 500 g/mol. The van der Waals surface area contributed by atoms with E-state index in [2.05, 4.69) is 94.0 Å². The number of nitrogens with zero attached hydrogens (tertiary/aromatic N) is 1. The van der Waals surface area contributed by atoms with Crippen LogP contribution in [-0.4, -0.2) is 0 Å². The molecule has 38 heavy (non-hydrogen) atoms. The van der Waals surface area contributed by atoms with Crippen molar-refractivity contribution < 1.29 is 9.30 Å². The van der Waals surface area contributed by atoms with Crippen LogP contribution < -0.4 is 9.30 Å². The largest absolute Gasteiger partial charge is 0.455 e. The third-order valence-electron chi connectivity index (χ3n) is 9.10. The number of aryl methyl sites for hydroxylation is 3. The Morgan fingerprint density at radius 3 is 2.47 bits per heavy atom. The second kappa shape index (κ2) is 8.83. The number of aromatic nitrogens is 1. The van der Waals surface area contributed by atoms with Crippen LogP contribution in [0.1, 0.15) is 61.8 Å². The third-order valence-corrected chi connectivity index (χ3v) is 9.10. The van der Waals surface area contributed by atoms with Gasteiger partial charge in [-0.1, -0.05) is 81.5 Å². The summed E-state index contributed by atoms with van der Waals surface area (Å²) >= 11 is 0. The number of benzene rings is 4. The summed E-state index contributed by atoms with van der Waals surface area (Å²) in [6, 6.07) is 18.7. The van der Waals surface area contributed by atoms with Gasteiger partial charge in [-0.25, -0.2) is 4.57 Å². The minimum atomic E-state index is 0.538. The van der Waals surface area contributed by atoms with Crippen LogP contribution >= 0.6 is 0 Å². The molecule has 1 aliphatic carbocycles. The molecule has 192 valence electrons. The molecule has 0 radical (unpaired) electrons. The Bertz CT molecular complexity index is 1750. The van der Waals surface area contributed by atoms with Crippen molar-refractivity contribution >= 4 is 32.3 Å². The van der Waals surface area contributed by atoms with Crippen LogP contribution in [0.4, 0.5) is 0 Å². The zero-order valence-electron chi connectivity index (χ0n) is 23.4. The van der Waals surface area contributed by atoms with Crippen LogP contribution in [0.3, 0.4) is 0 Å². The van der Waals surface area contributed by atoms with Crippen LogP contribution in [0.2, 0.25) is 0 Å². The normalized spacial score (nSPS) is 15.1. The van der Waals surface area contributed by atoms with Crippen LogP contribution in [0.5, 0.6) is 11.5 Å². The Hall–Kier alpha value is -3.39. The van der Waals surface area contributed by atoms with Crippen molar-refractivity contribution in [1.82, 2.24) is 0 Å². The molecule has 7 rings (SSSR count). The van der Waals surface area contributed by atoms with E-state index in [4.69, 9.17) is 4.74 Å². The van der Waals surface area contributed by atoms with Crippen LogP contribution in [0.15, 0.2) is 54.7 Å². The van der Waals surface area contributed by atoms with Gasteiger partial charge >= 0.3 is 0 Å². The summed E-state index contributed by atoms with van der Waals surface area (Å²) in [5.74, 6) is 3.44. The van der Waals surface area contributed by atoms with E-state index in [1.807, 2.05) is 0 Å². The molecule has 2 aliphatic rings. The number of rotatable bonds is 4. The lowest BCUT2D eigenvalue weighted by atomic mass is 9.85. The zero-order chi connectivity index (χ0) is 26.1. The van der Waals surface area contributed by atoms with Crippen molar-refractivity contribution in [3.8, 4) is 22.8 Å². The molecular formula is C36H38NO+. The average Bonchev–Trinajstić information content (AvgIpc) is 3.40. The lowest BCUT2D eigenvalue weighted by Gasteiger charge is -2.26. The number of ether oxygens (including phenoxy) is 1. The van der Waals surface area contributed by atoms with Crippen molar-refractivity contribution in [2.75, 3.05) is 0 Å². The summed E-state index contributed by atoms with van der Waals surface area (Å²) in [4.78, 5) is 0. The average molecular weight is 501 g/mol. The van der Waals surface area contributed by atoms with Crippen molar-refractivity contribution in [3.05, 3.63) is 77.0 Å². The number of pyridine rings is 1. The van der Waals surface area contributed by atoms with Gasteiger partial charge in [-0.05, 0) is 77.3 Å². The molecule has 2 heteroatoms. The van der Waals surface area contributed by atoms with E-state index in [0.717, 1.165) is 23.8 Å². The summed E-state index contributed by atoms with van der Waals surface area (Å²) in [5, 5.41) is 7.83. The van der Waals surface area contributed by atoms with Gasteiger partial charge in [0, 0.05) is 17.0 Å². The van der Waals surface area contributed by atoms with Crippen LogP contribution in [-0.2, 0) is 19.9 Å². The van der Waals surface area contributed by atoms with Gasteiger partial charge in [-0.3, -0.25) is 0 Å². The highest BCUT2D eigenvalue weighted by atomic mass is 16.5. The molecule has 0 unspecified atom stereocenters. The standard InChI is InChI=1S/C36H38NO/c1-21(2)16-31-28-12-10-22(3)17-30(28)23(4)33-35-34-29(14-15-37(35)5)27-13-11-25(18-24-8-6-7-9-24)19-26(27)20-32(34)38-36(31)33/h10-15,17,19-21,24H,6-9,16,18H2,1-5H3/q+1. The molecule has 1 fully saturated rings. The van der Waals surface area contributed by atoms with Gasteiger partial charge in [0.05, 0.1) is 10.9 Å². The SMILES string of the molecule is Cc1ccc2c(CC(C)C)c3c(c(C)c2c1)-c1c2c(cc4cc(CC5CCCC5)ccc4c2cc[n+]1C)O3. The topological polar surface area (TPSA) is 13.1 Å². The zero-order valence-corrected chi connectivity index (χ0v) is 23.4. The molecule has 2 heterocycles. The van der Waals surface area contributed by atoms with Gasteiger partial charge in [0.1, 0.15) is 18.5 Å². The number of fused-ring (bicyclic) bond motifs is 5. The van der Waals surface area contributed by atoms with Gasteiger partial charge in [-0.2, -0.15) is 0 Å². The summed E-state index contributed by atoms with van der Waals surface area (Å²) in [5.41, 5.74) is 7.96. The maximum absolute atomic E-state index is 7.02. The van der Waals surface area contributed by atoms with Gasteiger partial charge in [0.25, 0.3) is 0 Å². The molecule has 1 aromatic heterocycles. The van der Waals surface area contributed by atoms with E-state index >= 15 is 0 Å². The fraction of sp³-hybridized carbons (Fsp3) is 0.361. The van der Waals surface area contributed by atoms with E-state index in [1.165, 1.54) is 97.9 Å². The molecule has 0 atom stereocenters. The molecule has 0 saturated heterocycles. The molecule has 0 amide bonds. The highest BCUT2D eigenvalue weighted by Crippen LogP contribution is 2.52. The first-order valence-electron chi connectivity index (χ1n) is 14.5. The molecule has 1 saturated carbocycles. The first kappa shape index (κ1) is 23.7. The summed E-state index contributed by atoms with van der Waals surface area (Å²) in [6.07, 6.45) is 9.99. The molecule has 4 aromatic carbocycles. The molecule has 0 spiro atoms. The van der Waals surface area contributed by atoms with E-state index < -0.39 is 0 Å². The predicted octanol–water partition coefficient (Wildman–Crippen LogP) is 9.29. The minimum absolute atomic E-state index is 0.538. The Morgan fingerprint density at radius 2 is 1.68 bits per heavy atom. The van der Waals surface area contributed by atoms with Crippen molar-refractivity contribution in [2.24, 2.45) is 18.9 Å². The molecular weight excluding hydrogens is 462 g/mol.